The number of hydrogen-bond acceptors (Lipinski definition) is 6. The number of nitrogens with zero attached hydrogens (tertiary/aromatic N) is 1. The second-order valence-electron chi connectivity index (χ2n) is 8.74. The van der Waals surface area contributed by atoms with Crippen LogP contribution in [0.1, 0.15) is 53.4 Å². The molecule has 2 N–H and O–H groups in total. The Bertz CT molecular complexity index is 722. The van der Waals surface area contributed by atoms with Gasteiger partial charge in [0, 0.05) is 50.3 Å². The van der Waals surface area contributed by atoms with Crippen LogP contribution in [0.5, 0.6) is 0 Å². The van der Waals surface area contributed by atoms with Crippen LogP contribution in [0, 0.1) is 5.92 Å². The lowest BCUT2D eigenvalue weighted by Gasteiger charge is -2.30. The highest BCUT2D eigenvalue weighted by atomic mass is 32.2. The molecule has 0 bridgehead atoms. The molecular formula is C24H43N3O4S. The first kappa shape index (κ1) is 26.9. The Hall–Kier alpha value is -1.35. The highest BCUT2D eigenvalue weighted by Gasteiger charge is 2.26. The van der Waals surface area contributed by atoms with Crippen molar-refractivity contribution in [3.8, 4) is 0 Å². The molecule has 0 amide bonds. The Kier molecular flexibility index (Phi) is 11.8. The smallest absolute Gasteiger partial charge is 0.214 e. The minimum atomic E-state index is -3.18. The zero-order valence-corrected chi connectivity index (χ0v) is 21.1. The number of hydrogen-bond donors (Lipinski definition) is 2. The Morgan fingerprint density at radius 1 is 0.969 bits per heavy atom. The van der Waals surface area contributed by atoms with Gasteiger partial charge in [-0.2, -0.15) is 0 Å². The molecule has 1 aromatic carbocycles. The van der Waals surface area contributed by atoms with Crippen molar-refractivity contribution in [3.63, 3.8) is 0 Å². The second kappa shape index (κ2) is 14.0. The summed E-state index contributed by atoms with van der Waals surface area (Å²) in [6.45, 7) is 13.0. The van der Waals surface area contributed by atoms with Gasteiger partial charge >= 0.3 is 0 Å². The maximum Gasteiger partial charge on any atom is 0.214 e. The molecule has 0 heterocycles. The second-order valence-corrected chi connectivity index (χ2v) is 11.0. The van der Waals surface area contributed by atoms with Gasteiger partial charge in [0.2, 0.25) is 10.0 Å². The Balaban J connectivity index is 1.79. The number of nitrogens with one attached hydrogen (secondary N) is 2. The summed E-state index contributed by atoms with van der Waals surface area (Å²) < 4.78 is 38.1. The predicted molar refractivity (Wildman–Crippen MR) is 133 cm³/mol. The van der Waals surface area contributed by atoms with Crippen LogP contribution in [0.25, 0.3) is 0 Å². The van der Waals surface area contributed by atoms with Crippen LogP contribution in [-0.2, 0) is 19.5 Å². The van der Waals surface area contributed by atoms with Crippen LogP contribution in [0.4, 0.5) is 11.4 Å². The quantitative estimate of drug-likeness (QED) is 0.380. The van der Waals surface area contributed by atoms with Gasteiger partial charge < -0.3 is 19.7 Å². The highest BCUT2D eigenvalue weighted by Crippen LogP contribution is 2.26. The summed E-state index contributed by atoms with van der Waals surface area (Å²) >= 11 is 0. The number of rotatable bonds is 15. The zero-order valence-electron chi connectivity index (χ0n) is 20.3. The minimum Gasteiger partial charge on any atom is -0.385 e. The van der Waals surface area contributed by atoms with Crippen LogP contribution in [0.3, 0.4) is 0 Å². The van der Waals surface area contributed by atoms with Crippen LogP contribution >= 0.6 is 0 Å². The van der Waals surface area contributed by atoms with Crippen molar-refractivity contribution in [2.45, 2.75) is 64.7 Å². The van der Waals surface area contributed by atoms with Crippen LogP contribution in [0.2, 0.25) is 0 Å². The van der Waals surface area contributed by atoms with Crippen molar-refractivity contribution in [2.75, 3.05) is 56.3 Å². The summed E-state index contributed by atoms with van der Waals surface area (Å²) in [5.41, 5.74) is 2.29. The van der Waals surface area contributed by atoms with E-state index in [-0.39, 0.29) is 11.3 Å². The first-order valence-corrected chi connectivity index (χ1v) is 13.7. The third kappa shape index (κ3) is 9.25. The maximum absolute atomic E-state index is 12.1. The fraction of sp³-hybridized carbons (Fsp3) is 0.750. The lowest BCUT2D eigenvalue weighted by Crippen LogP contribution is -2.41. The molecule has 0 spiro atoms. The molecule has 1 fully saturated rings. The molecular weight excluding hydrogens is 426 g/mol. The van der Waals surface area contributed by atoms with Gasteiger partial charge in [-0.25, -0.2) is 13.1 Å². The number of benzene rings is 1. The third-order valence-corrected chi connectivity index (χ3v) is 7.95. The summed E-state index contributed by atoms with van der Waals surface area (Å²) in [4.78, 5) is 2.30. The van der Waals surface area contributed by atoms with E-state index in [2.05, 4.69) is 39.2 Å². The number of ether oxygens (including phenoxy) is 2. The van der Waals surface area contributed by atoms with Gasteiger partial charge in [-0.15, -0.1) is 0 Å². The molecule has 0 radical (unpaired) electrons. The van der Waals surface area contributed by atoms with E-state index in [1.165, 1.54) is 5.69 Å². The van der Waals surface area contributed by atoms with Gasteiger partial charge in [0.05, 0.1) is 18.5 Å². The first-order valence-electron chi connectivity index (χ1n) is 12.1. The normalized spacial score (nSPS) is 19.3. The zero-order chi connectivity index (χ0) is 23.4. The molecule has 1 saturated carbocycles. The van der Waals surface area contributed by atoms with E-state index in [4.69, 9.17) is 9.47 Å². The van der Waals surface area contributed by atoms with E-state index in [9.17, 15) is 8.42 Å². The SMILES string of the molecule is CCOCCN(CCOCC)c1ccc(NC[C@H]2CC[C@H](NS(=O)(=O)C(C)C)CC2)cc1. The topological polar surface area (TPSA) is 79.9 Å². The summed E-state index contributed by atoms with van der Waals surface area (Å²) in [5, 5.41) is 3.18. The molecule has 1 aliphatic carbocycles. The Morgan fingerprint density at radius 3 is 2.03 bits per heavy atom. The number of anilines is 2. The van der Waals surface area contributed by atoms with Gasteiger partial charge in [-0.1, -0.05) is 0 Å². The predicted octanol–water partition coefficient (Wildman–Crippen LogP) is 3.86. The molecule has 1 aromatic rings. The largest absolute Gasteiger partial charge is 0.385 e. The van der Waals surface area contributed by atoms with Crippen LogP contribution in [-0.4, -0.2) is 65.8 Å². The fourth-order valence-electron chi connectivity index (χ4n) is 3.91. The first-order chi connectivity index (χ1) is 15.4. The molecule has 1 aliphatic rings. The maximum atomic E-state index is 12.1. The van der Waals surface area contributed by atoms with Crippen molar-refractivity contribution >= 4 is 21.4 Å². The van der Waals surface area contributed by atoms with Crippen LogP contribution in [0.15, 0.2) is 24.3 Å². The van der Waals surface area contributed by atoms with E-state index in [0.717, 1.165) is 64.2 Å². The molecule has 0 aliphatic heterocycles. The summed E-state index contributed by atoms with van der Waals surface area (Å²) in [5.74, 6) is 0.573. The lowest BCUT2D eigenvalue weighted by atomic mass is 9.86. The third-order valence-electron chi connectivity index (χ3n) is 6.04. The minimum absolute atomic E-state index is 0.0808. The molecule has 0 saturated heterocycles. The standard InChI is InChI=1S/C24H43N3O4S/c1-5-30-17-15-27(16-18-31-6-2)24-13-11-22(12-14-24)25-19-21-7-9-23(10-8-21)26-32(28,29)20(3)4/h11-14,20-21,23,25-26H,5-10,15-19H2,1-4H3/t21-,23-. The van der Waals surface area contributed by atoms with Gasteiger partial charge in [0.15, 0.2) is 0 Å². The van der Waals surface area contributed by atoms with Crippen LogP contribution < -0.4 is 14.9 Å². The van der Waals surface area contributed by atoms with Crippen molar-refractivity contribution in [2.24, 2.45) is 5.92 Å². The summed E-state index contributed by atoms with van der Waals surface area (Å²) in [7, 11) is -3.18. The van der Waals surface area contributed by atoms with E-state index in [0.29, 0.717) is 19.1 Å². The van der Waals surface area contributed by atoms with Crippen molar-refractivity contribution in [1.29, 1.82) is 0 Å². The highest BCUT2D eigenvalue weighted by molar-refractivity contribution is 7.90. The number of sulfonamides is 1. The van der Waals surface area contributed by atoms with E-state index in [1.807, 2.05) is 13.8 Å². The summed E-state index contributed by atoms with van der Waals surface area (Å²) in [6, 6.07) is 8.64. The Morgan fingerprint density at radius 2 is 1.53 bits per heavy atom. The van der Waals surface area contributed by atoms with E-state index >= 15 is 0 Å². The Labute approximate surface area is 195 Å². The van der Waals surface area contributed by atoms with Gasteiger partial charge in [0.25, 0.3) is 0 Å². The van der Waals surface area contributed by atoms with E-state index < -0.39 is 10.0 Å². The average molecular weight is 470 g/mol. The molecule has 2 rings (SSSR count). The monoisotopic (exact) mass is 469 g/mol. The van der Waals surface area contributed by atoms with Gasteiger partial charge in [0.1, 0.15) is 0 Å². The van der Waals surface area contributed by atoms with Crippen molar-refractivity contribution in [3.05, 3.63) is 24.3 Å². The van der Waals surface area contributed by atoms with Gasteiger partial charge in [-0.3, -0.25) is 0 Å². The van der Waals surface area contributed by atoms with Gasteiger partial charge in [-0.05, 0) is 83.6 Å². The molecule has 0 atom stereocenters. The molecule has 0 unspecified atom stereocenters. The fourth-order valence-corrected chi connectivity index (χ4v) is 4.89. The summed E-state index contributed by atoms with van der Waals surface area (Å²) in [6.07, 6.45) is 3.90. The lowest BCUT2D eigenvalue weighted by molar-refractivity contribution is 0.141. The van der Waals surface area contributed by atoms with E-state index in [1.54, 1.807) is 13.8 Å². The van der Waals surface area contributed by atoms with Crippen molar-refractivity contribution in [1.82, 2.24) is 4.72 Å². The molecule has 8 heteroatoms. The average Bonchev–Trinajstić information content (AvgIpc) is 2.78. The molecule has 184 valence electrons. The molecule has 32 heavy (non-hydrogen) atoms. The molecule has 7 nitrogen and oxygen atoms in total. The van der Waals surface area contributed by atoms with Crippen molar-refractivity contribution < 1.29 is 17.9 Å². The molecule has 0 aromatic heterocycles.